The van der Waals surface area contributed by atoms with Crippen molar-refractivity contribution in [2.24, 2.45) is 0 Å². The van der Waals surface area contributed by atoms with Gasteiger partial charge in [0.1, 0.15) is 29.5 Å². The van der Waals surface area contributed by atoms with Gasteiger partial charge in [0.2, 0.25) is 5.91 Å². The zero-order valence-electron chi connectivity index (χ0n) is 23.9. The number of alkyl halides is 3. The van der Waals surface area contributed by atoms with Crippen molar-refractivity contribution in [2.75, 3.05) is 7.11 Å². The fraction of sp³-hybridized carbons (Fsp3) is 0.387. The van der Waals surface area contributed by atoms with Crippen molar-refractivity contribution in [3.63, 3.8) is 0 Å². The molecule has 4 rings (SSSR count). The van der Waals surface area contributed by atoms with Gasteiger partial charge in [0, 0.05) is 35.0 Å². The predicted molar refractivity (Wildman–Crippen MR) is 152 cm³/mol. The van der Waals surface area contributed by atoms with Gasteiger partial charge in [0.25, 0.3) is 5.82 Å². The first-order valence-corrected chi connectivity index (χ1v) is 14.0. The number of nitrogens with one attached hydrogen (secondary N) is 4. The number of imidazole rings is 1. The number of carbonyl (C=O) groups excluding carboxylic acids is 2. The molecule has 4 aromatic rings. The van der Waals surface area contributed by atoms with Gasteiger partial charge in [-0.2, -0.15) is 0 Å². The molecule has 2 heterocycles. The predicted octanol–water partition coefficient (Wildman–Crippen LogP) is 6.52. The quantitative estimate of drug-likeness (QED) is 0.146. The summed E-state index contributed by atoms with van der Waals surface area (Å²) in [6.45, 7) is 3.77. The fourth-order valence-corrected chi connectivity index (χ4v) is 5.01. The number of Topliss-reactive ketones (excluding diaryl/α,β-unsaturated/α-hetero) is 1. The minimum absolute atomic E-state index is 0.144. The molecule has 0 aliphatic heterocycles. The lowest BCUT2D eigenvalue weighted by molar-refractivity contribution is -0.391. The third-order valence-electron chi connectivity index (χ3n) is 7.21. The number of ketones is 1. The molecule has 11 heteroatoms. The highest BCUT2D eigenvalue weighted by molar-refractivity contribution is 5.91. The first-order valence-electron chi connectivity index (χ1n) is 14.0. The summed E-state index contributed by atoms with van der Waals surface area (Å²) in [5.41, 5.74) is 3.71. The summed E-state index contributed by atoms with van der Waals surface area (Å²) in [6.07, 6.45) is 1.01. The molecule has 0 spiro atoms. The van der Waals surface area contributed by atoms with Gasteiger partial charge in [-0.1, -0.05) is 31.9 Å². The second-order valence-corrected chi connectivity index (χ2v) is 10.2. The zero-order chi connectivity index (χ0) is 30.3. The van der Waals surface area contributed by atoms with Crippen LogP contribution in [0.25, 0.3) is 22.2 Å². The average molecular weight is 586 g/mol. The number of ether oxygens (including phenoxy) is 2. The van der Waals surface area contributed by atoms with Crippen LogP contribution in [0.2, 0.25) is 0 Å². The molecule has 0 saturated heterocycles. The van der Waals surface area contributed by atoms with E-state index in [4.69, 9.17) is 4.74 Å². The van der Waals surface area contributed by atoms with Gasteiger partial charge >= 0.3 is 6.36 Å². The van der Waals surface area contributed by atoms with Crippen LogP contribution in [0.1, 0.15) is 68.6 Å². The number of halogens is 3. The Morgan fingerprint density at radius 3 is 2.60 bits per heavy atom. The second kappa shape index (κ2) is 13.6. The van der Waals surface area contributed by atoms with Crippen molar-refractivity contribution in [2.45, 2.75) is 71.2 Å². The number of aromatic amines is 3. The summed E-state index contributed by atoms with van der Waals surface area (Å²) < 4.78 is 47.6. The van der Waals surface area contributed by atoms with Crippen LogP contribution in [0.5, 0.6) is 11.5 Å². The molecule has 4 N–H and O–H groups in total. The van der Waals surface area contributed by atoms with Crippen LogP contribution in [-0.2, 0) is 16.0 Å². The number of unbranched alkanes of at least 4 members (excludes halogenated alkanes) is 2. The van der Waals surface area contributed by atoms with Gasteiger partial charge < -0.3 is 19.8 Å². The largest absolute Gasteiger partial charge is 0.573 e. The van der Waals surface area contributed by atoms with E-state index < -0.39 is 12.4 Å². The average Bonchev–Trinajstić information content (AvgIpc) is 3.56. The fourth-order valence-electron chi connectivity index (χ4n) is 5.01. The Balaban J connectivity index is 1.52. The molecule has 2 aromatic carbocycles. The second-order valence-electron chi connectivity index (χ2n) is 10.2. The lowest BCUT2D eigenvalue weighted by Crippen LogP contribution is -2.33. The number of rotatable bonds is 14. The number of hydrogen-bond acceptors (Lipinski definition) is 4. The summed E-state index contributed by atoms with van der Waals surface area (Å²) in [7, 11) is 1.59. The third-order valence-corrected chi connectivity index (χ3v) is 7.21. The first kappa shape index (κ1) is 30.7. The van der Waals surface area contributed by atoms with Crippen molar-refractivity contribution in [1.82, 2.24) is 15.3 Å². The van der Waals surface area contributed by atoms with Crippen molar-refractivity contribution < 1.29 is 37.2 Å². The molecule has 0 bridgehead atoms. The molecule has 0 aliphatic carbocycles. The lowest BCUT2D eigenvalue weighted by Gasteiger charge is -2.14. The van der Waals surface area contributed by atoms with Gasteiger partial charge in [-0.3, -0.25) is 9.59 Å². The van der Waals surface area contributed by atoms with Gasteiger partial charge in [-0.05, 0) is 55.7 Å². The van der Waals surface area contributed by atoms with E-state index in [0.29, 0.717) is 42.1 Å². The van der Waals surface area contributed by atoms with E-state index in [1.807, 2.05) is 32.0 Å². The van der Waals surface area contributed by atoms with Crippen molar-refractivity contribution >= 4 is 22.6 Å². The highest BCUT2D eigenvalue weighted by atomic mass is 19.4. The number of methoxy groups -OCH3 is 1. The molecule has 1 amide bonds. The number of H-pyrrole nitrogens is 3. The van der Waals surface area contributed by atoms with E-state index in [-0.39, 0.29) is 23.9 Å². The minimum atomic E-state index is -4.79. The molecular formula is C31H36F3N4O4+. The molecule has 0 radical (unpaired) electrons. The Kier molecular flexibility index (Phi) is 9.92. The van der Waals surface area contributed by atoms with Crippen LogP contribution in [0.15, 0.2) is 48.7 Å². The van der Waals surface area contributed by atoms with Crippen LogP contribution in [0, 0.1) is 6.92 Å². The molecule has 0 saturated carbocycles. The van der Waals surface area contributed by atoms with Crippen LogP contribution in [-0.4, -0.2) is 35.1 Å². The Bertz CT molecular complexity index is 1530. The summed E-state index contributed by atoms with van der Waals surface area (Å²) in [5.74, 6) is 1.03. The topological polar surface area (TPSA) is 110 Å². The maximum atomic E-state index is 13.4. The smallest absolute Gasteiger partial charge is 0.497 e. The van der Waals surface area contributed by atoms with Gasteiger partial charge in [-0.25, -0.2) is 9.97 Å². The van der Waals surface area contributed by atoms with E-state index in [1.165, 1.54) is 18.2 Å². The summed E-state index contributed by atoms with van der Waals surface area (Å²) in [5, 5.41) is 4.03. The summed E-state index contributed by atoms with van der Waals surface area (Å²) >= 11 is 0. The number of hydrogen-bond donors (Lipinski definition) is 3. The maximum absolute atomic E-state index is 13.4. The number of benzene rings is 2. The normalized spacial score (nSPS) is 12.3. The number of carbonyl (C=O) groups is 2. The van der Waals surface area contributed by atoms with E-state index >= 15 is 0 Å². The molecule has 0 fully saturated rings. The monoisotopic (exact) mass is 585 g/mol. The van der Waals surface area contributed by atoms with Crippen LogP contribution in [0.4, 0.5) is 13.2 Å². The molecule has 1 atom stereocenters. The first-order chi connectivity index (χ1) is 20.1. The molecule has 0 unspecified atom stereocenters. The van der Waals surface area contributed by atoms with Crippen molar-refractivity contribution in [1.29, 1.82) is 0 Å². The third kappa shape index (κ3) is 8.14. The summed E-state index contributed by atoms with van der Waals surface area (Å²) in [6, 6.07) is 10.9. The summed E-state index contributed by atoms with van der Waals surface area (Å²) in [4.78, 5) is 34.7. The van der Waals surface area contributed by atoms with Crippen LogP contribution in [0.3, 0.4) is 0 Å². The molecule has 0 aliphatic rings. The van der Waals surface area contributed by atoms with Crippen LogP contribution < -0.4 is 19.8 Å². The van der Waals surface area contributed by atoms with Gasteiger partial charge in [0.15, 0.2) is 5.69 Å². The van der Waals surface area contributed by atoms with Gasteiger partial charge in [-0.15, -0.1) is 13.2 Å². The zero-order valence-corrected chi connectivity index (χ0v) is 23.9. The Hall–Kier alpha value is -4.28. The number of amides is 1. The van der Waals surface area contributed by atoms with E-state index in [1.54, 1.807) is 19.4 Å². The maximum Gasteiger partial charge on any atom is 0.573 e. The van der Waals surface area contributed by atoms with Crippen molar-refractivity contribution in [3.05, 3.63) is 65.7 Å². The highest BCUT2D eigenvalue weighted by Gasteiger charge is 2.31. The Morgan fingerprint density at radius 2 is 1.86 bits per heavy atom. The SMILES string of the molecule is CCC(=O)CCCCC[C@H](NC(=O)Cc1c(C)[nH]c2ccc(OC)cc12)c1[nH]c(-c2cccc(OC(F)(F)F)c2)c[nH+]1. The standard InChI is InChI=1S/C31H35F3N4O4/c1-4-21(39)10-6-5-7-12-27(30-35-18-28(38-30)20-9-8-11-23(15-20)42-31(32,33)34)37-29(40)17-24-19(2)36-26-14-13-22(41-3)16-25(24)26/h8-9,11,13-16,18,27,36H,4-7,10,12,17H2,1-3H3,(H,35,38)(H,37,40)/p+1/t27-/m0/s1. The Morgan fingerprint density at radius 1 is 1.05 bits per heavy atom. The number of aromatic nitrogens is 3. The highest BCUT2D eigenvalue weighted by Crippen LogP contribution is 2.29. The van der Waals surface area contributed by atoms with Crippen molar-refractivity contribution in [3.8, 4) is 22.8 Å². The van der Waals surface area contributed by atoms with E-state index in [9.17, 15) is 22.8 Å². The van der Waals surface area contributed by atoms with Crippen LogP contribution >= 0.6 is 0 Å². The minimum Gasteiger partial charge on any atom is -0.497 e. The Labute approximate surface area is 242 Å². The number of fused-ring (bicyclic) bond motifs is 1. The molecular weight excluding hydrogens is 549 g/mol. The number of aryl methyl sites for hydroxylation is 1. The lowest BCUT2D eigenvalue weighted by atomic mass is 10.0. The van der Waals surface area contributed by atoms with E-state index in [0.717, 1.165) is 41.4 Å². The molecule has 224 valence electrons. The molecule has 8 nitrogen and oxygen atoms in total. The van der Waals surface area contributed by atoms with E-state index in [2.05, 4.69) is 25.0 Å². The molecule has 42 heavy (non-hydrogen) atoms. The molecule has 2 aromatic heterocycles. The van der Waals surface area contributed by atoms with Gasteiger partial charge in [0.05, 0.1) is 13.5 Å².